The molecule has 0 aromatic rings. The molecule has 8 nitrogen and oxygen atoms in total. The standard InChI is InChI=1S/C13H19ClN2O6/c1-8-10(21-12(8)19)5-11(14)22-13(20)9(16-7-18)3-2-4-15-6-17/h6-11H,2-5H2,1H3,(H,15,17)(H,16,18)/t8-,9?,10-,11+/m0/s1. The summed E-state index contributed by atoms with van der Waals surface area (Å²) >= 11 is 5.92. The topological polar surface area (TPSA) is 111 Å². The molecule has 1 saturated heterocycles. The van der Waals surface area contributed by atoms with Gasteiger partial charge in [-0.15, -0.1) is 0 Å². The summed E-state index contributed by atoms with van der Waals surface area (Å²) in [5, 5.41) is 4.80. The van der Waals surface area contributed by atoms with E-state index < -0.39 is 17.6 Å². The number of hydrogen-bond donors (Lipinski definition) is 2. The minimum absolute atomic E-state index is 0.195. The maximum Gasteiger partial charge on any atom is 0.330 e. The van der Waals surface area contributed by atoms with E-state index in [4.69, 9.17) is 21.1 Å². The van der Waals surface area contributed by atoms with Crippen molar-refractivity contribution in [2.24, 2.45) is 5.92 Å². The van der Waals surface area contributed by atoms with E-state index in [9.17, 15) is 19.2 Å². The molecule has 0 spiro atoms. The Morgan fingerprint density at radius 2 is 2.18 bits per heavy atom. The van der Waals surface area contributed by atoms with Gasteiger partial charge in [-0.2, -0.15) is 0 Å². The predicted octanol–water partition coefficient (Wildman–Crippen LogP) is -0.313. The van der Waals surface area contributed by atoms with Gasteiger partial charge >= 0.3 is 11.9 Å². The highest BCUT2D eigenvalue weighted by Crippen LogP contribution is 2.27. The highest BCUT2D eigenvalue weighted by atomic mass is 35.5. The van der Waals surface area contributed by atoms with Gasteiger partial charge in [0.15, 0.2) is 5.56 Å². The molecule has 0 saturated carbocycles. The summed E-state index contributed by atoms with van der Waals surface area (Å²) in [5.74, 6) is -1.24. The van der Waals surface area contributed by atoms with Gasteiger partial charge in [-0.25, -0.2) is 4.79 Å². The van der Waals surface area contributed by atoms with Crippen LogP contribution in [-0.2, 0) is 28.7 Å². The number of nitrogens with one attached hydrogen (secondary N) is 2. The lowest BCUT2D eigenvalue weighted by Crippen LogP contribution is -2.45. The van der Waals surface area contributed by atoms with Gasteiger partial charge in [0.25, 0.3) is 0 Å². The second-order valence-electron chi connectivity index (χ2n) is 4.90. The summed E-state index contributed by atoms with van der Waals surface area (Å²) in [6, 6.07) is -0.839. The van der Waals surface area contributed by atoms with E-state index in [-0.39, 0.29) is 24.4 Å². The fraction of sp³-hybridized carbons (Fsp3) is 0.692. The molecule has 1 unspecified atom stereocenters. The Labute approximate surface area is 132 Å². The Bertz CT molecular complexity index is 419. The Morgan fingerprint density at radius 1 is 1.45 bits per heavy atom. The third kappa shape index (κ3) is 5.51. The van der Waals surface area contributed by atoms with Crippen LogP contribution < -0.4 is 10.6 Å². The van der Waals surface area contributed by atoms with Crippen LogP contribution in [0.1, 0.15) is 26.2 Å². The minimum atomic E-state index is -0.947. The average molecular weight is 335 g/mol. The predicted molar refractivity (Wildman–Crippen MR) is 75.7 cm³/mol. The molecule has 22 heavy (non-hydrogen) atoms. The summed E-state index contributed by atoms with van der Waals surface area (Å²) < 4.78 is 9.91. The van der Waals surface area contributed by atoms with E-state index in [1.54, 1.807) is 6.92 Å². The Balaban J connectivity index is 2.36. The zero-order valence-corrected chi connectivity index (χ0v) is 12.9. The molecule has 2 N–H and O–H groups in total. The first-order valence-electron chi connectivity index (χ1n) is 6.91. The molecule has 1 aliphatic heterocycles. The van der Waals surface area contributed by atoms with Gasteiger partial charge in [-0.3, -0.25) is 14.4 Å². The van der Waals surface area contributed by atoms with Gasteiger partial charge in [-0.1, -0.05) is 11.6 Å². The third-order valence-electron chi connectivity index (χ3n) is 3.31. The molecule has 0 radical (unpaired) electrons. The van der Waals surface area contributed by atoms with Crippen molar-refractivity contribution in [1.29, 1.82) is 0 Å². The van der Waals surface area contributed by atoms with Gasteiger partial charge in [0, 0.05) is 13.0 Å². The molecule has 0 aliphatic carbocycles. The van der Waals surface area contributed by atoms with Crippen LogP contribution in [0.25, 0.3) is 0 Å². The van der Waals surface area contributed by atoms with Crippen LogP contribution in [0.5, 0.6) is 0 Å². The van der Waals surface area contributed by atoms with Crippen LogP contribution in [0.15, 0.2) is 0 Å². The number of ether oxygens (including phenoxy) is 2. The lowest BCUT2D eigenvalue weighted by atomic mass is 9.97. The van der Waals surface area contributed by atoms with Crippen molar-refractivity contribution >= 4 is 36.4 Å². The van der Waals surface area contributed by atoms with E-state index in [1.807, 2.05) is 0 Å². The third-order valence-corrected chi connectivity index (χ3v) is 3.58. The van der Waals surface area contributed by atoms with Crippen molar-refractivity contribution in [3.05, 3.63) is 0 Å². The van der Waals surface area contributed by atoms with Crippen LogP contribution in [0.3, 0.4) is 0 Å². The molecule has 4 atom stereocenters. The number of carbonyl (C=O) groups is 4. The number of cyclic esters (lactones) is 1. The zero-order valence-electron chi connectivity index (χ0n) is 12.1. The summed E-state index contributed by atoms with van der Waals surface area (Å²) in [7, 11) is 0. The van der Waals surface area contributed by atoms with Crippen LogP contribution in [0.4, 0.5) is 0 Å². The molecule has 1 fully saturated rings. The molecule has 1 aliphatic rings. The fourth-order valence-electron chi connectivity index (χ4n) is 1.95. The normalized spacial score (nSPS) is 22.5. The number of amides is 2. The quantitative estimate of drug-likeness (QED) is 0.232. The molecule has 9 heteroatoms. The molecule has 1 heterocycles. The number of rotatable bonds is 11. The Morgan fingerprint density at radius 3 is 2.73 bits per heavy atom. The lowest BCUT2D eigenvalue weighted by molar-refractivity contribution is -0.185. The smallest absolute Gasteiger partial charge is 0.330 e. The molecule has 1 rings (SSSR count). The number of carbonyl (C=O) groups excluding carboxylic acids is 4. The second-order valence-corrected chi connectivity index (χ2v) is 5.38. The molecule has 0 aromatic carbocycles. The highest BCUT2D eigenvalue weighted by Gasteiger charge is 2.40. The Kier molecular flexibility index (Phi) is 7.65. The maximum atomic E-state index is 11.9. The Hall–Kier alpha value is -1.83. The van der Waals surface area contributed by atoms with Crippen LogP contribution >= 0.6 is 11.6 Å². The number of halogens is 1. The summed E-state index contributed by atoms with van der Waals surface area (Å²) in [6.07, 6.45) is 1.58. The minimum Gasteiger partial charge on any atom is -0.461 e. The molecule has 0 bridgehead atoms. The van der Waals surface area contributed by atoms with Crippen molar-refractivity contribution < 1.29 is 28.7 Å². The largest absolute Gasteiger partial charge is 0.461 e. The van der Waals surface area contributed by atoms with E-state index in [0.717, 1.165) is 0 Å². The first-order chi connectivity index (χ1) is 10.5. The molecule has 0 aromatic heterocycles. The van der Waals surface area contributed by atoms with Gasteiger partial charge < -0.3 is 20.1 Å². The average Bonchev–Trinajstić information content (AvgIpc) is 2.49. The highest BCUT2D eigenvalue weighted by molar-refractivity contribution is 6.20. The second kappa shape index (κ2) is 9.24. The van der Waals surface area contributed by atoms with Crippen molar-refractivity contribution in [3.63, 3.8) is 0 Å². The van der Waals surface area contributed by atoms with Crippen LogP contribution in [0.2, 0.25) is 0 Å². The van der Waals surface area contributed by atoms with E-state index in [2.05, 4.69) is 10.6 Å². The molecule has 2 amide bonds. The van der Waals surface area contributed by atoms with Gasteiger partial charge in [-0.05, 0) is 19.8 Å². The van der Waals surface area contributed by atoms with Gasteiger partial charge in [0.1, 0.15) is 12.1 Å². The molecular weight excluding hydrogens is 316 g/mol. The first-order valence-corrected chi connectivity index (χ1v) is 7.35. The monoisotopic (exact) mass is 334 g/mol. The van der Waals surface area contributed by atoms with Gasteiger partial charge in [0.05, 0.1) is 5.92 Å². The summed E-state index contributed by atoms with van der Waals surface area (Å²) in [6.45, 7) is 2.09. The van der Waals surface area contributed by atoms with E-state index >= 15 is 0 Å². The SMILES string of the molecule is C[C@@H]1C(=O)O[C@H]1C[C@H](Cl)OC(=O)C(CCCNC=O)NC=O. The van der Waals surface area contributed by atoms with E-state index in [1.165, 1.54) is 0 Å². The van der Waals surface area contributed by atoms with Crippen molar-refractivity contribution in [2.45, 2.75) is 43.9 Å². The number of hydrogen-bond acceptors (Lipinski definition) is 6. The van der Waals surface area contributed by atoms with Crippen molar-refractivity contribution in [1.82, 2.24) is 10.6 Å². The molecular formula is C13H19ClN2O6. The summed E-state index contributed by atoms with van der Waals surface area (Å²) in [5.41, 5.74) is -0.947. The number of alkyl halides is 1. The van der Waals surface area contributed by atoms with Crippen LogP contribution in [0, 0.1) is 5.92 Å². The zero-order chi connectivity index (χ0) is 16.5. The first kappa shape index (κ1) is 18.2. The lowest BCUT2D eigenvalue weighted by Gasteiger charge is -2.33. The van der Waals surface area contributed by atoms with E-state index in [0.29, 0.717) is 32.2 Å². The maximum absolute atomic E-state index is 11.9. The molecule has 124 valence electrons. The summed E-state index contributed by atoms with van der Waals surface area (Å²) in [4.78, 5) is 43.5. The van der Waals surface area contributed by atoms with Crippen molar-refractivity contribution in [2.75, 3.05) is 6.54 Å². The number of esters is 2. The fourth-order valence-corrected chi connectivity index (χ4v) is 2.21. The van der Waals surface area contributed by atoms with Crippen LogP contribution in [-0.4, -0.2) is 49.0 Å². The van der Waals surface area contributed by atoms with Crippen molar-refractivity contribution in [3.8, 4) is 0 Å². The van der Waals surface area contributed by atoms with Gasteiger partial charge in [0.2, 0.25) is 12.8 Å².